The molecule has 1 aromatic rings. The van der Waals surface area contributed by atoms with Gasteiger partial charge in [0.15, 0.2) is 5.96 Å². The molecule has 0 radical (unpaired) electrons. The largest absolute Gasteiger partial charge is 0.393 e. The Morgan fingerprint density at radius 2 is 1.75 bits per heavy atom. The summed E-state index contributed by atoms with van der Waals surface area (Å²) < 4.78 is 39.2. The summed E-state index contributed by atoms with van der Waals surface area (Å²) >= 11 is 0. The van der Waals surface area contributed by atoms with Crippen LogP contribution >= 0.6 is 24.0 Å². The van der Waals surface area contributed by atoms with Crippen LogP contribution in [0.5, 0.6) is 0 Å². The molecule has 0 spiro atoms. The van der Waals surface area contributed by atoms with Gasteiger partial charge >= 0.3 is 6.18 Å². The zero-order valence-electron chi connectivity index (χ0n) is 18.7. The Bertz CT molecular complexity index is 706. The number of aliphatic imine (C=N–C) groups is 1. The van der Waals surface area contributed by atoms with Gasteiger partial charge in [-0.15, -0.1) is 24.0 Å². The van der Waals surface area contributed by atoms with Gasteiger partial charge in [-0.25, -0.2) is 4.99 Å². The first-order valence-electron chi connectivity index (χ1n) is 11.4. The van der Waals surface area contributed by atoms with Crippen molar-refractivity contribution in [3.05, 3.63) is 35.4 Å². The van der Waals surface area contributed by atoms with Crippen LogP contribution in [0.3, 0.4) is 0 Å². The van der Waals surface area contributed by atoms with Gasteiger partial charge in [0.25, 0.3) is 0 Å². The third-order valence-corrected chi connectivity index (χ3v) is 6.23. The number of guanidine groups is 1. The molecular weight excluding hydrogens is 532 g/mol. The van der Waals surface area contributed by atoms with Gasteiger partial charge in [-0.1, -0.05) is 30.7 Å². The molecule has 5 nitrogen and oxygen atoms in total. The van der Waals surface area contributed by atoms with E-state index >= 15 is 0 Å². The molecule has 2 aliphatic rings. The molecule has 3 N–H and O–H groups in total. The molecule has 182 valence electrons. The van der Waals surface area contributed by atoms with Gasteiger partial charge < -0.3 is 15.7 Å². The smallest absolute Gasteiger partial charge is 0.391 e. The zero-order valence-corrected chi connectivity index (χ0v) is 21.0. The highest BCUT2D eigenvalue weighted by Crippen LogP contribution is 2.37. The summed E-state index contributed by atoms with van der Waals surface area (Å²) in [5.74, 6) is -0.649. The Kier molecular flexibility index (Phi) is 11.0. The highest BCUT2D eigenvalue weighted by Gasteiger charge is 2.42. The van der Waals surface area contributed by atoms with Crippen molar-refractivity contribution in [2.24, 2.45) is 10.9 Å². The number of halogens is 4. The second-order valence-electron chi connectivity index (χ2n) is 8.77. The van der Waals surface area contributed by atoms with Crippen LogP contribution < -0.4 is 10.6 Å². The monoisotopic (exact) mass is 568 g/mol. The predicted octanol–water partition coefficient (Wildman–Crippen LogP) is 4.44. The van der Waals surface area contributed by atoms with Crippen LogP contribution in [0.4, 0.5) is 13.2 Å². The van der Waals surface area contributed by atoms with Crippen molar-refractivity contribution in [3.63, 3.8) is 0 Å². The number of nitrogens with zero attached hydrogens (tertiary/aromatic N) is 2. The number of hydrogen-bond acceptors (Lipinski definition) is 3. The summed E-state index contributed by atoms with van der Waals surface area (Å²) in [6, 6.07) is 8.11. The van der Waals surface area contributed by atoms with Crippen LogP contribution in [0.1, 0.15) is 56.6 Å². The van der Waals surface area contributed by atoms with E-state index in [1.807, 2.05) is 6.92 Å². The highest BCUT2D eigenvalue weighted by molar-refractivity contribution is 14.0. The SMILES string of the molecule is CCNC(=NCc1ccc(CN2CCC(O)CC2)cc1)NC1CCCC(C(F)(F)F)C1.I. The first-order valence-corrected chi connectivity index (χ1v) is 11.4. The van der Waals surface area contributed by atoms with E-state index in [4.69, 9.17) is 0 Å². The molecule has 1 aromatic carbocycles. The van der Waals surface area contributed by atoms with E-state index in [1.165, 1.54) is 5.56 Å². The van der Waals surface area contributed by atoms with Gasteiger partial charge in [-0.05, 0) is 50.2 Å². The lowest BCUT2D eigenvalue weighted by atomic mass is 9.85. The van der Waals surface area contributed by atoms with Crippen molar-refractivity contribution in [1.29, 1.82) is 0 Å². The second-order valence-corrected chi connectivity index (χ2v) is 8.77. The number of rotatable bonds is 6. The Morgan fingerprint density at radius 3 is 2.38 bits per heavy atom. The van der Waals surface area contributed by atoms with Crippen molar-refractivity contribution in [2.75, 3.05) is 19.6 Å². The maximum absolute atomic E-state index is 13.1. The third kappa shape index (κ3) is 8.70. The van der Waals surface area contributed by atoms with E-state index in [2.05, 4.69) is 44.8 Å². The van der Waals surface area contributed by atoms with E-state index in [9.17, 15) is 18.3 Å². The average Bonchev–Trinajstić information content (AvgIpc) is 2.74. The lowest BCUT2D eigenvalue weighted by molar-refractivity contribution is -0.183. The Labute approximate surface area is 206 Å². The third-order valence-electron chi connectivity index (χ3n) is 6.23. The topological polar surface area (TPSA) is 59.9 Å². The fourth-order valence-electron chi connectivity index (χ4n) is 4.39. The van der Waals surface area contributed by atoms with Gasteiger partial charge in [-0.2, -0.15) is 13.2 Å². The number of alkyl halides is 3. The highest BCUT2D eigenvalue weighted by atomic mass is 127. The molecule has 3 rings (SSSR count). The van der Waals surface area contributed by atoms with Crippen LogP contribution in [-0.4, -0.2) is 53.9 Å². The molecule has 1 heterocycles. The number of hydrogen-bond donors (Lipinski definition) is 3. The molecule has 2 atom stereocenters. The number of aliphatic hydroxyl groups is 1. The standard InChI is InChI=1S/C23H35F3N4O.HI/c1-2-27-22(29-20-5-3-4-19(14-20)23(24,25)26)28-15-17-6-8-18(9-7-17)16-30-12-10-21(31)11-13-30;/h6-9,19-21,31H,2-5,10-16H2,1H3,(H2,27,28,29);1H. The van der Waals surface area contributed by atoms with Crippen molar-refractivity contribution in [1.82, 2.24) is 15.5 Å². The van der Waals surface area contributed by atoms with Gasteiger partial charge in [0.1, 0.15) is 0 Å². The maximum atomic E-state index is 13.1. The number of likely N-dealkylation sites (tertiary alicyclic amines) is 1. The van der Waals surface area contributed by atoms with Crippen LogP contribution in [0.15, 0.2) is 29.3 Å². The molecule has 9 heteroatoms. The minimum Gasteiger partial charge on any atom is -0.393 e. The van der Waals surface area contributed by atoms with Crippen molar-refractivity contribution < 1.29 is 18.3 Å². The molecule has 0 aromatic heterocycles. The second kappa shape index (κ2) is 13.0. The molecular formula is C23H36F3IN4O. The predicted molar refractivity (Wildman–Crippen MR) is 132 cm³/mol. The molecule has 32 heavy (non-hydrogen) atoms. The van der Waals surface area contributed by atoms with Crippen LogP contribution in [-0.2, 0) is 13.1 Å². The van der Waals surface area contributed by atoms with Crippen LogP contribution in [0.2, 0.25) is 0 Å². The quantitative estimate of drug-likeness (QED) is 0.270. The van der Waals surface area contributed by atoms with Gasteiger partial charge in [0.05, 0.1) is 18.6 Å². The van der Waals surface area contributed by atoms with E-state index in [-0.39, 0.29) is 49.0 Å². The summed E-state index contributed by atoms with van der Waals surface area (Å²) in [4.78, 5) is 6.95. The molecule has 0 bridgehead atoms. The first kappa shape index (κ1) is 27.2. The number of nitrogens with one attached hydrogen (secondary N) is 2. The Morgan fingerprint density at radius 1 is 1.09 bits per heavy atom. The molecule has 1 saturated heterocycles. The minimum absolute atomic E-state index is 0. The van der Waals surface area contributed by atoms with Gasteiger partial charge in [-0.3, -0.25) is 4.90 Å². The Hall–Kier alpha value is -1.07. The minimum atomic E-state index is -4.12. The molecule has 0 amide bonds. The Balaban J connectivity index is 0.00000363. The molecule has 2 unspecified atom stereocenters. The van der Waals surface area contributed by atoms with E-state index in [0.29, 0.717) is 25.5 Å². The van der Waals surface area contributed by atoms with Gasteiger partial charge in [0.2, 0.25) is 0 Å². The van der Waals surface area contributed by atoms with Crippen LogP contribution in [0, 0.1) is 5.92 Å². The molecule has 1 aliphatic carbocycles. The summed E-state index contributed by atoms with van der Waals surface area (Å²) in [5, 5.41) is 16.0. The zero-order chi connectivity index (χ0) is 22.3. The first-order chi connectivity index (χ1) is 14.8. The summed E-state index contributed by atoms with van der Waals surface area (Å²) in [6.45, 7) is 5.79. The van der Waals surface area contributed by atoms with E-state index in [0.717, 1.165) is 44.5 Å². The number of benzene rings is 1. The maximum Gasteiger partial charge on any atom is 0.391 e. The summed E-state index contributed by atoms with van der Waals surface area (Å²) in [6.07, 6.45) is -0.974. The number of aliphatic hydroxyl groups excluding tert-OH is 1. The van der Waals surface area contributed by atoms with Gasteiger partial charge in [0, 0.05) is 32.2 Å². The van der Waals surface area contributed by atoms with Crippen molar-refractivity contribution in [2.45, 2.75) is 76.9 Å². The normalized spacial score (nSPS) is 23.5. The van der Waals surface area contributed by atoms with E-state index < -0.39 is 12.1 Å². The lowest BCUT2D eigenvalue weighted by Gasteiger charge is -2.32. The van der Waals surface area contributed by atoms with Crippen LogP contribution in [0.25, 0.3) is 0 Å². The van der Waals surface area contributed by atoms with E-state index in [1.54, 1.807) is 0 Å². The molecule has 1 aliphatic heterocycles. The molecule has 2 fully saturated rings. The average molecular weight is 568 g/mol. The lowest BCUT2D eigenvalue weighted by Crippen LogP contribution is -2.46. The summed E-state index contributed by atoms with van der Waals surface area (Å²) in [7, 11) is 0. The van der Waals surface area contributed by atoms with Crippen molar-refractivity contribution in [3.8, 4) is 0 Å². The number of piperidine rings is 1. The van der Waals surface area contributed by atoms with Crippen molar-refractivity contribution >= 4 is 29.9 Å². The summed E-state index contributed by atoms with van der Waals surface area (Å²) in [5.41, 5.74) is 2.29. The fourth-order valence-corrected chi connectivity index (χ4v) is 4.39. The fraction of sp³-hybridized carbons (Fsp3) is 0.696. The molecule has 1 saturated carbocycles.